The lowest BCUT2D eigenvalue weighted by molar-refractivity contribution is -0.129. The maximum atomic E-state index is 13.6. The van der Waals surface area contributed by atoms with E-state index in [-0.39, 0.29) is 39.7 Å². The van der Waals surface area contributed by atoms with Crippen LogP contribution in [0, 0.1) is 11.2 Å². The molecule has 0 bridgehead atoms. The number of halogens is 1. The zero-order valence-corrected chi connectivity index (χ0v) is 19.9. The van der Waals surface area contributed by atoms with Crippen LogP contribution in [-0.2, 0) is 26.2 Å². The quantitative estimate of drug-likeness (QED) is 0.687. The zero-order valence-electron chi connectivity index (χ0n) is 19.1. The number of rotatable bonds is 4. The van der Waals surface area contributed by atoms with Gasteiger partial charge in [0.15, 0.2) is 0 Å². The third-order valence-electron chi connectivity index (χ3n) is 5.68. The van der Waals surface area contributed by atoms with E-state index in [2.05, 4.69) is 9.71 Å². The first kappa shape index (κ1) is 23.6. The van der Waals surface area contributed by atoms with Gasteiger partial charge >= 0.3 is 0 Å². The molecule has 0 aromatic heterocycles. The van der Waals surface area contributed by atoms with Crippen molar-refractivity contribution in [3.05, 3.63) is 70.7 Å². The first-order valence-corrected chi connectivity index (χ1v) is 12.0. The summed E-state index contributed by atoms with van der Waals surface area (Å²) in [5.41, 5.74) is -0.167. The number of nitrogens with one attached hydrogen (secondary N) is 1. The molecule has 2 aliphatic heterocycles. The summed E-state index contributed by atoms with van der Waals surface area (Å²) in [7, 11) is -4.23. The second kappa shape index (κ2) is 8.05. The second-order valence-corrected chi connectivity index (χ2v) is 10.9. The molecular weight excluding hydrogens is 461 g/mol. The SMILES string of the molecule is CC(=O)Nc1cccc2c1S(=O)(=O)N=C2C1=C(O)[C@H](C(C)(C)C)N(Cc2ccc(F)cc2)C1=O. The number of hydrogen-bond donors (Lipinski definition) is 2. The van der Waals surface area contributed by atoms with Gasteiger partial charge in [-0.05, 0) is 29.2 Å². The number of fused-ring (bicyclic) bond motifs is 1. The lowest BCUT2D eigenvalue weighted by Crippen LogP contribution is -2.43. The molecule has 2 amide bonds. The molecule has 2 aromatic carbocycles. The maximum absolute atomic E-state index is 13.6. The summed E-state index contributed by atoms with van der Waals surface area (Å²) in [5.74, 6) is -1.75. The Bertz CT molecular complexity index is 1370. The summed E-state index contributed by atoms with van der Waals surface area (Å²) in [6, 6.07) is 9.33. The lowest BCUT2D eigenvalue weighted by Gasteiger charge is -2.35. The van der Waals surface area contributed by atoms with Gasteiger partial charge in [0.05, 0.1) is 11.7 Å². The van der Waals surface area contributed by atoms with Gasteiger partial charge in [0.1, 0.15) is 27.8 Å². The number of benzene rings is 2. The Balaban J connectivity index is 1.84. The smallest absolute Gasteiger partial charge is 0.285 e. The molecule has 4 rings (SSSR count). The van der Waals surface area contributed by atoms with E-state index in [4.69, 9.17) is 0 Å². The summed E-state index contributed by atoms with van der Waals surface area (Å²) < 4.78 is 43.0. The van der Waals surface area contributed by atoms with Crippen LogP contribution in [0.3, 0.4) is 0 Å². The van der Waals surface area contributed by atoms with E-state index < -0.39 is 39.1 Å². The molecule has 0 unspecified atom stereocenters. The van der Waals surface area contributed by atoms with E-state index in [0.717, 1.165) is 0 Å². The Morgan fingerprint density at radius 2 is 1.82 bits per heavy atom. The molecule has 1 atom stereocenters. The highest BCUT2D eigenvalue weighted by Crippen LogP contribution is 2.42. The number of amides is 2. The molecule has 0 radical (unpaired) electrons. The molecule has 2 N–H and O–H groups in total. The van der Waals surface area contributed by atoms with E-state index in [9.17, 15) is 27.5 Å². The van der Waals surface area contributed by atoms with Gasteiger partial charge in [0.2, 0.25) is 5.91 Å². The van der Waals surface area contributed by atoms with Crippen LogP contribution < -0.4 is 5.32 Å². The number of nitrogens with zero attached hydrogens (tertiary/aromatic N) is 2. The number of anilines is 1. The first-order valence-electron chi connectivity index (χ1n) is 10.6. The van der Waals surface area contributed by atoms with Crippen LogP contribution in [0.15, 0.2) is 63.1 Å². The minimum Gasteiger partial charge on any atom is -0.509 e. The Morgan fingerprint density at radius 3 is 2.41 bits per heavy atom. The monoisotopic (exact) mass is 485 g/mol. The maximum Gasteiger partial charge on any atom is 0.285 e. The Morgan fingerprint density at radius 1 is 1.18 bits per heavy atom. The number of hydrogen-bond acceptors (Lipinski definition) is 5. The van der Waals surface area contributed by atoms with Crippen molar-refractivity contribution in [2.75, 3.05) is 5.32 Å². The van der Waals surface area contributed by atoms with Crippen LogP contribution in [0.4, 0.5) is 10.1 Å². The minimum atomic E-state index is -4.23. The van der Waals surface area contributed by atoms with Crippen LogP contribution in [-0.4, -0.2) is 42.0 Å². The van der Waals surface area contributed by atoms with Gasteiger partial charge in [-0.2, -0.15) is 12.8 Å². The highest BCUT2D eigenvalue weighted by atomic mass is 32.2. The molecule has 0 saturated heterocycles. The van der Waals surface area contributed by atoms with E-state index in [1.165, 1.54) is 42.2 Å². The van der Waals surface area contributed by atoms with Crippen LogP contribution in [0.2, 0.25) is 0 Å². The molecule has 34 heavy (non-hydrogen) atoms. The van der Waals surface area contributed by atoms with Crippen LogP contribution >= 0.6 is 0 Å². The molecule has 0 saturated carbocycles. The van der Waals surface area contributed by atoms with E-state index in [1.54, 1.807) is 12.1 Å². The van der Waals surface area contributed by atoms with Gasteiger partial charge in [0, 0.05) is 19.0 Å². The fourth-order valence-corrected chi connectivity index (χ4v) is 5.75. The normalized spacial score (nSPS) is 19.3. The van der Waals surface area contributed by atoms with Crippen LogP contribution in [0.5, 0.6) is 0 Å². The number of aliphatic hydroxyl groups excluding tert-OH is 1. The van der Waals surface area contributed by atoms with Crippen LogP contribution in [0.1, 0.15) is 38.8 Å². The second-order valence-electron chi connectivity index (χ2n) is 9.37. The van der Waals surface area contributed by atoms with Crippen molar-refractivity contribution in [1.82, 2.24) is 4.90 Å². The van der Waals surface area contributed by atoms with Crippen molar-refractivity contribution in [3.63, 3.8) is 0 Å². The number of carbonyl (C=O) groups excluding carboxylic acids is 2. The average Bonchev–Trinajstić information content (AvgIpc) is 3.13. The number of aliphatic hydroxyl groups is 1. The molecule has 0 aliphatic carbocycles. The molecule has 178 valence electrons. The molecule has 8 nitrogen and oxygen atoms in total. The molecule has 10 heteroatoms. The molecule has 0 fully saturated rings. The summed E-state index contributed by atoms with van der Waals surface area (Å²) in [6.45, 7) is 6.86. The number of carbonyl (C=O) groups is 2. The minimum absolute atomic E-state index is 0.0461. The van der Waals surface area contributed by atoms with Crippen LogP contribution in [0.25, 0.3) is 0 Å². The summed E-state index contributed by atoms with van der Waals surface area (Å²) >= 11 is 0. The third kappa shape index (κ3) is 3.98. The average molecular weight is 486 g/mol. The molecule has 0 spiro atoms. The van der Waals surface area contributed by atoms with Gasteiger partial charge in [-0.15, -0.1) is 0 Å². The summed E-state index contributed by atoms with van der Waals surface area (Å²) in [6.07, 6.45) is 0. The zero-order chi connectivity index (χ0) is 25.0. The van der Waals surface area contributed by atoms with Gasteiger partial charge in [0.25, 0.3) is 15.9 Å². The molecule has 2 aromatic rings. The lowest BCUT2D eigenvalue weighted by atomic mass is 9.84. The fourth-order valence-electron chi connectivity index (χ4n) is 4.39. The Hall–Kier alpha value is -3.53. The standard InChI is InChI=1S/C24H24FN3O5S/c1-13(29)26-17-7-5-6-16-19(27-34(32,33)21(16)17)18-20(30)22(24(2,3)4)28(23(18)31)12-14-8-10-15(25)11-9-14/h5-11,22,30H,12H2,1-4H3,(H,26,29)/t22-/m1/s1. The summed E-state index contributed by atoms with van der Waals surface area (Å²) in [5, 5.41) is 13.7. The van der Waals surface area contributed by atoms with Crippen molar-refractivity contribution in [2.45, 2.75) is 45.2 Å². The topological polar surface area (TPSA) is 116 Å². The Kier molecular flexibility index (Phi) is 5.59. The predicted molar refractivity (Wildman–Crippen MR) is 124 cm³/mol. The van der Waals surface area contributed by atoms with E-state index in [1.807, 2.05) is 20.8 Å². The largest absolute Gasteiger partial charge is 0.509 e. The van der Waals surface area contributed by atoms with Crippen molar-refractivity contribution in [2.24, 2.45) is 9.81 Å². The van der Waals surface area contributed by atoms with Gasteiger partial charge in [-0.1, -0.05) is 45.0 Å². The van der Waals surface area contributed by atoms with Gasteiger partial charge < -0.3 is 15.3 Å². The van der Waals surface area contributed by atoms with Crippen molar-refractivity contribution in [3.8, 4) is 0 Å². The fraction of sp³-hybridized carbons (Fsp3) is 0.292. The first-order chi connectivity index (χ1) is 15.8. The Labute approximate surface area is 196 Å². The highest BCUT2D eigenvalue weighted by molar-refractivity contribution is 7.91. The van der Waals surface area contributed by atoms with Gasteiger partial charge in [-0.3, -0.25) is 9.59 Å². The number of sulfonamides is 1. The molecular formula is C24H24FN3O5S. The van der Waals surface area contributed by atoms with Crippen molar-refractivity contribution in [1.29, 1.82) is 0 Å². The molecule has 2 heterocycles. The van der Waals surface area contributed by atoms with E-state index >= 15 is 0 Å². The molecule has 2 aliphatic rings. The van der Waals surface area contributed by atoms with E-state index in [0.29, 0.717) is 5.56 Å². The van der Waals surface area contributed by atoms with Crippen molar-refractivity contribution < 1.29 is 27.5 Å². The van der Waals surface area contributed by atoms with Crippen molar-refractivity contribution >= 4 is 33.2 Å². The van der Waals surface area contributed by atoms with Gasteiger partial charge in [-0.25, -0.2) is 4.39 Å². The predicted octanol–water partition coefficient (Wildman–Crippen LogP) is 3.54. The highest BCUT2D eigenvalue weighted by Gasteiger charge is 2.49. The summed E-state index contributed by atoms with van der Waals surface area (Å²) in [4.78, 5) is 26.4. The third-order valence-corrected chi connectivity index (χ3v) is 7.05.